The molecule has 0 saturated heterocycles. The molecule has 29 heavy (non-hydrogen) atoms. The highest BCUT2D eigenvalue weighted by Gasteiger charge is 2.24. The number of rotatable bonds is 6. The van der Waals surface area contributed by atoms with Crippen LogP contribution in [0.2, 0.25) is 0 Å². The SMILES string of the molecule is CSc1ccc(-c2ccc3c(c2)CC(CNC(=O)Cn2nc(C)nc2C)O3)cc1. The van der Waals surface area contributed by atoms with E-state index in [1.54, 1.807) is 16.4 Å². The summed E-state index contributed by atoms with van der Waals surface area (Å²) in [6.07, 6.45) is 2.81. The molecule has 7 heteroatoms. The molecule has 1 aliphatic heterocycles. The molecule has 1 aromatic heterocycles. The molecule has 1 unspecified atom stereocenters. The summed E-state index contributed by atoms with van der Waals surface area (Å²) in [4.78, 5) is 17.7. The van der Waals surface area contributed by atoms with Gasteiger partial charge in [0.1, 0.15) is 30.0 Å². The number of hydrogen-bond acceptors (Lipinski definition) is 5. The van der Waals surface area contributed by atoms with Crippen LogP contribution in [-0.4, -0.2) is 39.6 Å². The highest BCUT2D eigenvalue weighted by molar-refractivity contribution is 7.98. The number of aryl methyl sites for hydroxylation is 2. The van der Waals surface area contributed by atoms with Crippen LogP contribution in [0.4, 0.5) is 0 Å². The van der Waals surface area contributed by atoms with Crippen LogP contribution in [0.5, 0.6) is 5.75 Å². The Hall–Kier alpha value is -2.80. The largest absolute Gasteiger partial charge is 0.488 e. The first-order valence-electron chi connectivity index (χ1n) is 9.60. The van der Waals surface area contributed by atoms with Gasteiger partial charge < -0.3 is 10.1 Å². The summed E-state index contributed by atoms with van der Waals surface area (Å²) in [5, 5.41) is 7.17. The van der Waals surface area contributed by atoms with Crippen LogP contribution < -0.4 is 10.1 Å². The molecule has 2 heterocycles. The van der Waals surface area contributed by atoms with E-state index in [4.69, 9.17) is 4.74 Å². The van der Waals surface area contributed by atoms with E-state index in [9.17, 15) is 4.79 Å². The van der Waals surface area contributed by atoms with Crippen LogP contribution in [0, 0.1) is 13.8 Å². The van der Waals surface area contributed by atoms with Gasteiger partial charge in [-0.3, -0.25) is 4.79 Å². The third-order valence-corrected chi connectivity index (χ3v) is 5.75. The van der Waals surface area contributed by atoms with Crippen molar-refractivity contribution in [3.8, 4) is 16.9 Å². The number of ether oxygens (including phenoxy) is 1. The Morgan fingerprint density at radius 2 is 1.97 bits per heavy atom. The Morgan fingerprint density at radius 1 is 1.21 bits per heavy atom. The van der Waals surface area contributed by atoms with Crippen molar-refractivity contribution in [3.63, 3.8) is 0 Å². The van der Waals surface area contributed by atoms with Crippen molar-refractivity contribution in [2.45, 2.75) is 37.8 Å². The van der Waals surface area contributed by atoms with Crippen molar-refractivity contribution in [2.75, 3.05) is 12.8 Å². The average molecular weight is 409 g/mol. The van der Waals surface area contributed by atoms with Crippen molar-refractivity contribution in [1.82, 2.24) is 20.1 Å². The fourth-order valence-corrected chi connectivity index (χ4v) is 3.94. The quantitative estimate of drug-likeness (QED) is 0.633. The third-order valence-electron chi connectivity index (χ3n) is 5.01. The van der Waals surface area contributed by atoms with E-state index in [-0.39, 0.29) is 18.6 Å². The predicted molar refractivity (Wildman–Crippen MR) is 114 cm³/mol. The van der Waals surface area contributed by atoms with Crippen LogP contribution in [0.15, 0.2) is 47.4 Å². The Balaban J connectivity index is 1.35. The van der Waals surface area contributed by atoms with Gasteiger partial charge in [0.25, 0.3) is 0 Å². The second kappa shape index (κ2) is 8.29. The maximum Gasteiger partial charge on any atom is 0.241 e. The highest BCUT2D eigenvalue weighted by Crippen LogP contribution is 2.33. The Kier molecular flexibility index (Phi) is 5.58. The lowest BCUT2D eigenvalue weighted by Crippen LogP contribution is -2.36. The minimum absolute atomic E-state index is 0.0540. The van der Waals surface area contributed by atoms with E-state index in [1.165, 1.54) is 21.6 Å². The van der Waals surface area contributed by atoms with Crippen molar-refractivity contribution in [2.24, 2.45) is 0 Å². The van der Waals surface area contributed by atoms with Gasteiger partial charge >= 0.3 is 0 Å². The number of aromatic nitrogens is 3. The molecule has 2 aromatic carbocycles. The molecule has 6 nitrogen and oxygen atoms in total. The van der Waals surface area contributed by atoms with E-state index in [1.807, 2.05) is 19.9 Å². The summed E-state index contributed by atoms with van der Waals surface area (Å²) < 4.78 is 7.62. The monoisotopic (exact) mass is 408 g/mol. The number of benzene rings is 2. The Labute approximate surface area is 174 Å². The fourth-order valence-electron chi connectivity index (χ4n) is 3.53. The van der Waals surface area contributed by atoms with E-state index in [0.29, 0.717) is 12.4 Å². The lowest BCUT2D eigenvalue weighted by atomic mass is 10.0. The second-order valence-electron chi connectivity index (χ2n) is 7.16. The maximum atomic E-state index is 12.2. The summed E-state index contributed by atoms with van der Waals surface area (Å²) in [5.41, 5.74) is 3.56. The topological polar surface area (TPSA) is 69.0 Å². The predicted octanol–water partition coefficient (Wildman–Crippen LogP) is 3.40. The molecule has 150 valence electrons. The first-order valence-corrected chi connectivity index (χ1v) is 10.8. The van der Waals surface area contributed by atoms with Crippen LogP contribution in [-0.2, 0) is 17.8 Å². The van der Waals surface area contributed by atoms with E-state index < -0.39 is 0 Å². The lowest BCUT2D eigenvalue weighted by molar-refractivity contribution is -0.122. The van der Waals surface area contributed by atoms with E-state index >= 15 is 0 Å². The summed E-state index contributed by atoms with van der Waals surface area (Å²) in [5.74, 6) is 2.22. The molecule has 1 amide bonds. The molecule has 4 rings (SSSR count). The Bertz CT molecular complexity index is 1030. The summed E-state index contributed by atoms with van der Waals surface area (Å²) >= 11 is 1.74. The average Bonchev–Trinajstić information content (AvgIpc) is 3.27. The Morgan fingerprint density at radius 3 is 2.66 bits per heavy atom. The molecular formula is C22H24N4O2S. The van der Waals surface area contributed by atoms with Crippen LogP contribution in [0.3, 0.4) is 0 Å². The number of hydrogen-bond donors (Lipinski definition) is 1. The summed E-state index contributed by atoms with van der Waals surface area (Å²) in [6.45, 7) is 4.30. The van der Waals surface area contributed by atoms with Crippen LogP contribution in [0.1, 0.15) is 17.2 Å². The first kappa shape index (κ1) is 19.5. The number of carbonyl (C=O) groups is 1. The van der Waals surface area contributed by atoms with Crippen LogP contribution in [0.25, 0.3) is 11.1 Å². The summed E-state index contributed by atoms with van der Waals surface area (Å²) in [7, 11) is 0. The van der Waals surface area contributed by atoms with Gasteiger partial charge in [-0.2, -0.15) is 5.10 Å². The van der Waals surface area contributed by atoms with Gasteiger partial charge in [-0.25, -0.2) is 9.67 Å². The van der Waals surface area contributed by atoms with E-state index in [2.05, 4.69) is 58.1 Å². The normalized spacial score (nSPS) is 15.1. The van der Waals surface area contributed by atoms with Gasteiger partial charge in [0.2, 0.25) is 5.91 Å². The number of fused-ring (bicyclic) bond motifs is 1. The van der Waals surface area contributed by atoms with Gasteiger partial charge in [0, 0.05) is 11.3 Å². The van der Waals surface area contributed by atoms with E-state index in [0.717, 1.165) is 18.0 Å². The zero-order valence-corrected chi connectivity index (χ0v) is 17.6. The molecule has 3 aromatic rings. The fraction of sp³-hybridized carbons (Fsp3) is 0.318. The van der Waals surface area contributed by atoms with Gasteiger partial charge in [0.05, 0.1) is 6.54 Å². The third kappa shape index (κ3) is 4.45. The number of amides is 1. The second-order valence-corrected chi connectivity index (χ2v) is 8.04. The number of nitrogens with zero attached hydrogens (tertiary/aromatic N) is 3. The van der Waals surface area contributed by atoms with Gasteiger partial charge in [-0.1, -0.05) is 18.2 Å². The zero-order chi connectivity index (χ0) is 20.4. The first-order chi connectivity index (χ1) is 14.0. The minimum Gasteiger partial charge on any atom is -0.488 e. The van der Waals surface area contributed by atoms with Crippen molar-refractivity contribution >= 4 is 17.7 Å². The maximum absolute atomic E-state index is 12.2. The molecule has 1 atom stereocenters. The number of thioether (sulfide) groups is 1. The molecular weight excluding hydrogens is 384 g/mol. The molecule has 0 fully saturated rings. The smallest absolute Gasteiger partial charge is 0.241 e. The molecule has 0 aliphatic carbocycles. The highest BCUT2D eigenvalue weighted by atomic mass is 32.2. The molecule has 0 radical (unpaired) electrons. The minimum atomic E-state index is -0.0906. The molecule has 0 bridgehead atoms. The van der Waals surface area contributed by atoms with Gasteiger partial charge in [0.15, 0.2) is 0 Å². The number of carbonyl (C=O) groups excluding carboxylic acids is 1. The number of nitrogens with one attached hydrogen (secondary N) is 1. The molecule has 1 aliphatic rings. The standard InChI is InChI=1S/C22H24N4O2S/c1-14-24-15(2)26(25-14)13-22(27)23-12-19-11-18-10-17(6-9-21(18)28-19)16-4-7-20(29-3)8-5-16/h4-10,19H,11-13H2,1-3H3,(H,23,27). The van der Waals surface area contributed by atoms with Crippen molar-refractivity contribution in [1.29, 1.82) is 0 Å². The van der Waals surface area contributed by atoms with Crippen molar-refractivity contribution < 1.29 is 9.53 Å². The molecule has 1 N–H and O–H groups in total. The molecule has 0 spiro atoms. The van der Waals surface area contributed by atoms with Gasteiger partial charge in [-0.15, -0.1) is 11.8 Å². The lowest BCUT2D eigenvalue weighted by Gasteiger charge is -2.12. The summed E-state index contributed by atoms with van der Waals surface area (Å²) in [6, 6.07) is 14.9. The zero-order valence-electron chi connectivity index (χ0n) is 16.8. The molecule has 0 saturated carbocycles. The van der Waals surface area contributed by atoms with Gasteiger partial charge in [-0.05, 0) is 61.1 Å². The van der Waals surface area contributed by atoms with Crippen molar-refractivity contribution in [3.05, 3.63) is 59.7 Å². The van der Waals surface area contributed by atoms with Crippen LogP contribution >= 0.6 is 11.8 Å².